The number of nitrogens with two attached hydrogens (primary N) is 2. The normalized spacial score (nSPS) is 20.8. The van der Waals surface area contributed by atoms with Crippen LogP contribution in [-0.4, -0.2) is 29.9 Å². The maximum absolute atomic E-state index is 11.1. The van der Waals surface area contributed by atoms with Crippen LogP contribution in [0.4, 0.5) is 0 Å². The Morgan fingerprint density at radius 1 is 1.53 bits per heavy atom. The largest absolute Gasteiger partial charge is 0.366 e. The summed E-state index contributed by atoms with van der Waals surface area (Å²) in [5.41, 5.74) is 12.9. The van der Waals surface area contributed by atoms with E-state index in [0.717, 1.165) is 31.6 Å². The lowest BCUT2D eigenvalue weighted by molar-refractivity contribution is 0.1000. The average molecular weight is 284 g/mol. The second-order valence-corrected chi connectivity index (χ2v) is 5.21. The fraction of sp³-hybridized carbons (Fsp3) is 0.500. The first-order valence-electron chi connectivity index (χ1n) is 6.43. The summed E-state index contributed by atoms with van der Waals surface area (Å²) in [5.74, 6) is 0.219. The molecule has 5 heteroatoms. The standard InChI is InChI=1S/C14H21N3O.ClH/c1-10(15)13-5-6-17(9-13)8-11-3-2-4-12(7-11)14(16)18;/h2-4,7,10,13H,5-6,8-9,15H2,1H3,(H2,16,18);1H. The maximum atomic E-state index is 11.1. The summed E-state index contributed by atoms with van der Waals surface area (Å²) < 4.78 is 0. The Kier molecular flexibility index (Phi) is 5.79. The average Bonchev–Trinajstić information content (AvgIpc) is 2.78. The van der Waals surface area contributed by atoms with Crippen molar-refractivity contribution >= 4 is 18.3 Å². The van der Waals surface area contributed by atoms with E-state index in [1.807, 2.05) is 18.2 Å². The molecule has 1 saturated heterocycles. The molecule has 2 unspecified atom stereocenters. The van der Waals surface area contributed by atoms with Gasteiger partial charge in [-0.25, -0.2) is 0 Å². The topological polar surface area (TPSA) is 72.3 Å². The van der Waals surface area contributed by atoms with Crippen LogP contribution in [0, 0.1) is 5.92 Å². The first kappa shape index (κ1) is 16.0. The smallest absolute Gasteiger partial charge is 0.248 e. The molecule has 1 aromatic rings. The SMILES string of the molecule is CC(N)C1CCN(Cc2cccc(C(N)=O)c2)C1.Cl. The number of primary amides is 1. The first-order valence-corrected chi connectivity index (χ1v) is 6.43. The van der Waals surface area contributed by atoms with E-state index in [-0.39, 0.29) is 24.4 Å². The molecule has 2 rings (SSSR count). The molecule has 0 radical (unpaired) electrons. The third-order valence-electron chi connectivity index (χ3n) is 3.67. The fourth-order valence-electron chi connectivity index (χ4n) is 2.52. The zero-order chi connectivity index (χ0) is 13.1. The number of amides is 1. The zero-order valence-corrected chi connectivity index (χ0v) is 12.0. The molecule has 2 atom stereocenters. The molecule has 4 nitrogen and oxygen atoms in total. The Balaban J connectivity index is 0.00000180. The van der Waals surface area contributed by atoms with E-state index < -0.39 is 0 Å². The lowest BCUT2D eigenvalue weighted by Gasteiger charge is -2.18. The van der Waals surface area contributed by atoms with Gasteiger partial charge < -0.3 is 11.5 Å². The summed E-state index contributed by atoms with van der Waals surface area (Å²) in [7, 11) is 0. The highest BCUT2D eigenvalue weighted by atomic mass is 35.5. The van der Waals surface area contributed by atoms with Gasteiger partial charge >= 0.3 is 0 Å². The molecule has 0 spiro atoms. The van der Waals surface area contributed by atoms with Crippen molar-refractivity contribution in [1.82, 2.24) is 4.90 Å². The molecule has 1 aromatic carbocycles. The molecule has 0 aromatic heterocycles. The van der Waals surface area contributed by atoms with E-state index in [9.17, 15) is 4.79 Å². The summed E-state index contributed by atoms with van der Waals surface area (Å²) >= 11 is 0. The molecule has 0 saturated carbocycles. The molecule has 0 bridgehead atoms. The third-order valence-corrected chi connectivity index (χ3v) is 3.67. The fourth-order valence-corrected chi connectivity index (χ4v) is 2.52. The Labute approximate surface area is 120 Å². The molecule has 1 aliphatic heterocycles. The van der Waals surface area contributed by atoms with Crippen molar-refractivity contribution in [2.24, 2.45) is 17.4 Å². The van der Waals surface area contributed by atoms with Gasteiger partial charge in [0.1, 0.15) is 0 Å². The summed E-state index contributed by atoms with van der Waals surface area (Å²) in [6.07, 6.45) is 1.16. The molecule has 1 aliphatic rings. The van der Waals surface area contributed by atoms with Crippen molar-refractivity contribution in [3.05, 3.63) is 35.4 Å². The minimum Gasteiger partial charge on any atom is -0.366 e. The van der Waals surface area contributed by atoms with Gasteiger partial charge in [0.15, 0.2) is 0 Å². The number of likely N-dealkylation sites (tertiary alicyclic amines) is 1. The van der Waals surface area contributed by atoms with Crippen molar-refractivity contribution in [2.45, 2.75) is 25.9 Å². The van der Waals surface area contributed by atoms with Gasteiger partial charge in [0.25, 0.3) is 0 Å². The quantitative estimate of drug-likeness (QED) is 0.877. The van der Waals surface area contributed by atoms with Gasteiger partial charge in [0, 0.05) is 24.7 Å². The number of rotatable bonds is 4. The second-order valence-electron chi connectivity index (χ2n) is 5.21. The van der Waals surface area contributed by atoms with Crippen LogP contribution in [0.2, 0.25) is 0 Å². The summed E-state index contributed by atoms with van der Waals surface area (Å²) in [6.45, 7) is 5.05. The van der Waals surface area contributed by atoms with E-state index in [0.29, 0.717) is 11.5 Å². The van der Waals surface area contributed by atoms with Crippen LogP contribution in [-0.2, 0) is 6.54 Å². The van der Waals surface area contributed by atoms with Crippen LogP contribution in [0.1, 0.15) is 29.3 Å². The lowest BCUT2D eigenvalue weighted by atomic mass is 10.0. The monoisotopic (exact) mass is 283 g/mol. The van der Waals surface area contributed by atoms with Crippen LogP contribution >= 0.6 is 12.4 Å². The number of benzene rings is 1. The van der Waals surface area contributed by atoms with Crippen LogP contribution in [0.25, 0.3) is 0 Å². The van der Waals surface area contributed by atoms with Crippen LogP contribution in [0.5, 0.6) is 0 Å². The predicted octanol–water partition coefficient (Wildman–Crippen LogP) is 1.38. The number of nitrogens with zero attached hydrogens (tertiary/aromatic N) is 1. The van der Waals surface area contributed by atoms with E-state index in [4.69, 9.17) is 11.5 Å². The maximum Gasteiger partial charge on any atom is 0.248 e. The van der Waals surface area contributed by atoms with Gasteiger partial charge in [-0.1, -0.05) is 12.1 Å². The molecular formula is C14H22ClN3O. The van der Waals surface area contributed by atoms with Crippen molar-refractivity contribution in [3.63, 3.8) is 0 Å². The Bertz CT molecular complexity index is 436. The molecule has 0 aliphatic carbocycles. The van der Waals surface area contributed by atoms with E-state index in [2.05, 4.69) is 11.8 Å². The third kappa shape index (κ3) is 4.20. The second kappa shape index (κ2) is 6.89. The molecule has 106 valence electrons. The molecular weight excluding hydrogens is 262 g/mol. The van der Waals surface area contributed by atoms with Gasteiger partial charge in [0.05, 0.1) is 0 Å². The van der Waals surface area contributed by atoms with Gasteiger partial charge in [-0.15, -0.1) is 12.4 Å². The number of hydrogen-bond acceptors (Lipinski definition) is 3. The van der Waals surface area contributed by atoms with Gasteiger partial charge in [-0.2, -0.15) is 0 Å². The minimum absolute atomic E-state index is 0. The van der Waals surface area contributed by atoms with Crippen molar-refractivity contribution in [2.75, 3.05) is 13.1 Å². The van der Waals surface area contributed by atoms with Crippen LogP contribution in [0.15, 0.2) is 24.3 Å². The molecule has 1 heterocycles. The summed E-state index contributed by atoms with van der Waals surface area (Å²) in [4.78, 5) is 13.5. The number of carbonyl (C=O) groups is 1. The molecule has 4 N–H and O–H groups in total. The van der Waals surface area contributed by atoms with Gasteiger partial charge in [-0.05, 0) is 43.5 Å². The first-order chi connectivity index (χ1) is 8.56. The Morgan fingerprint density at radius 3 is 2.84 bits per heavy atom. The van der Waals surface area contributed by atoms with Crippen molar-refractivity contribution in [3.8, 4) is 0 Å². The van der Waals surface area contributed by atoms with Crippen molar-refractivity contribution < 1.29 is 4.79 Å². The van der Waals surface area contributed by atoms with Gasteiger partial charge in [0.2, 0.25) is 5.91 Å². The van der Waals surface area contributed by atoms with Crippen LogP contribution in [0.3, 0.4) is 0 Å². The Hall–Kier alpha value is -1.10. The predicted molar refractivity (Wildman–Crippen MR) is 79.2 cm³/mol. The molecule has 1 amide bonds. The number of carbonyl (C=O) groups excluding carboxylic acids is 1. The Morgan fingerprint density at radius 2 is 2.26 bits per heavy atom. The van der Waals surface area contributed by atoms with E-state index >= 15 is 0 Å². The van der Waals surface area contributed by atoms with E-state index in [1.54, 1.807) is 6.07 Å². The molecule has 19 heavy (non-hydrogen) atoms. The highest BCUT2D eigenvalue weighted by molar-refractivity contribution is 5.92. The van der Waals surface area contributed by atoms with Crippen LogP contribution < -0.4 is 11.5 Å². The van der Waals surface area contributed by atoms with Gasteiger partial charge in [-0.3, -0.25) is 9.69 Å². The zero-order valence-electron chi connectivity index (χ0n) is 11.2. The van der Waals surface area contributed by atoms with E-state index in [1.165, 1.54) is 0 Å². The number of hydrogen-bond donors (Lipinski definition) is 2. The highest BCUT2D eigenvalue weighted by Gasteiger charge is 2.24. The highest BCUT2D eigenvalue weighted by Crippen LogP contribution is 2.20. The summed E-state index contributed by atoms with van der Waals surface area (Å²) in [6, 6.07) is 7.80. The summed E-state index contributed by atoms with van der Waals surface area (Å²) in [5, 5.41) is 0. The van der Waals surface area contributed by atoms with Crippen molar-refractivity contribution in [1.29, 1.82) is 0 Å². The minimum atomic E-state index is -0.369. The number of halogens is 1. The lowest BCUT2D eigenvalue weighted by Crippen LogP contribution is -2.29. The molecule has 1 fully saturated rings.